The van der Waals surface area contributed by atoms with Crippen LogP contribution in [0.4, 0.5) is 20.3 Å². The Morgan fingerprint density at radius 3 is 2.83 bits per heavy atom. The van der Waals surface area contributed by atoms with E-state index in [1.165, 1.54) is 0 Å². The number of anilines is 1. The molecule has 1 aliphatic heterocycles. The predicted molar refractivity (Wildman–Crippen MR) is 114 cm³/mol. The normalized spacial score (nSPS) is 15.5. The molecule has 30 heavy (non-hydrogen) atoms. The van der Waals surface area contributed by atoms with Gasteiger partial charge in [0.25, 0.3) is 5.92 Å². The van der Waals surface area contributed by atoms with Crippen LogP contribution >= 0.6 is 12.2 Å². The van der Waals surface area contributed by atoms with E-state index in [4.69, 9.17) is 12.2 Å². The third-order valence-electron chi connectivity index (χ3n) is 5.09. The number of halogens is 2. The van der Waals surface area contributed by atoms with Gasteiger partial charge in [0.1, 0.15) is 5.82 Å². The Bertz CT molecular complexity index is 1110. The van der Waals surface area contributed by atoms with Gasteiger partial charge in [0.2, 0.25) is 0 Å². The summed E-state index contributed by atoms with van der Waals surface area (Å²) in [6.07, 6.45) is 2.37. The van der Waals surface area contributed by atoms with E-state index in [0.29, 0.717) is 41.5 Å². The lowest BCUT2D eigenvalue weighted by Gasteiger charge is -2.18. The fourth-order valence-corrected chi connectivity index (χ4v) is 3.64. The number of nitrogens with zero attached hydrogens (tertiary/aromatic N) is 7. The molecular formula is C20H21F2N7S. The number of rotatable bonds is 7. The summed E-state index contributed by atoms with van der Waals surface area (Å²) in [6, 6.07) is 7.52. The first kappa shape index (κ1) is 20.4. The van der Waals surface area contributed by atoms with Gasteiger partial charge < -0.3 is 4.90 Å². The first-order valence-electron chi connectivity index (χ1n) is 9.89. The number of aryl methyl sites for hydroxylation is 1. The van der Waals surface area contributed by atoms with Crippen LogP contribution in [0.25, 0.3) is 11.2 Å². The van der Waals surface area contributed by atoms with Crippen molar-refractivity contribution in [1.82, 2.24) is 25.0 Å². The highest BCUT2D eigenvalue weighted by Gasteiger charge is 2.40. The molecular weight excluding hydrogens is 408 g/mol. The Kier molecular flexibility index (Phi) is 5.78. The van der Waals surface area contributed by atoms with Crippen molar-refractivity contribution in [3.8, 4) is 0 Å². The Morgan fingerprint density at radius 1 is 1.27 bits per heavy atom. The number of alkyl halides is 2. The van der Waals surface area contributed by atoms with E-state index < -0.39 is 5.92 Å². The summed E-state index contributed by atoms with van der Waals surface area (Å²) < 4.78 is 29.3. The average Bonchev–Trinajstić information content (AvgIpc) is 3.30. The van der Waals surface area contributed by atoms with Crippen LogP contribution in [0.1, 0.15) is 37.6 Å². The topological polar surface area (TPSA) is 72.1 Å². The van der Waals surface area contributed by atoms with Gasteiger partial charge in [-0.05, 0) is 24.7 Å². The predicted octanol–water partition coefficient (Wildman–Crippen LogP) is 4.19. The molecule has 1 aliphatic rings. The van der Waals surface area contributed by atoms with Crippen LogP contribution in [0.5, 0.6) is 0 Å². The summed E-state index contributed by atoms with van der Waals surface area (Å²) in [5.74, 6) is -1.68. The highest BCUT2D eigenvalue weighted by atomic mass is 32.1. The molecule has 156 valence electrons. The number of unbranched alkanes of at least 4 members (excludes halogenated alkanes) is 1. The molecule has 3 aromatic rings. The van der Waals surface area contributed by atoms with Crippen molar-refractivity contribution in [2.75, 3.05) is 18.0 Å². The van der Waals surface area contributed by atoms with Crippen LogP contribution in [0, 0.1) is 0 Å². The second kappa shape index (κ2) is 8.49. The molecule has 0 saturated carbocycles. The summed E-state index contributed by atoms with van der Waals surface area (Å²) in [4.78, 5) is 14.9. The van der Waals surface area contributed by atoms with Crippen molar-refractivity contribution in [3.05, 3.63) is 35.7 Å². The molecule has 4 rings (SSSR count). The quantitative estimate of drug-likeness (QED) is 0.414. The monoisotopic (exact) mass is 429 g/mol. The molecule has 3 heterocycles. The first-order chi connectivity index (χ1) is 14.5. The van der Waals surface area contributed by atoms with Gasteiger partial charge in [-0.15, -0.1) is 5.10 Å². The molecule has 0 unspecified atom stereocenters. The van der Waals surface area contributed by atoms with Crippen molar-refractivity contribution < 1.29 is 8.78 Å². The molecule has 0 bridgehead atoms. The first-order valence-corrected chi connectivity index (χ1v) is 10.3. The lowest BCUT2D eigenvalue weighted by molar-refractivity contribution is 0.0257. The number of fused-ring (bicyclic) bond motifs is 1. The maximum Gasteiger partial charge on any atom is 0.266 e. The van der Waals surface area contributed by atoms with Crippen molar-refractivity contribution >= 4 is 40.0 Å². The van der Waals surface area contributed by atoms with Crippen molar-refractivity contribution in [2.24, 2.45) is 4.99 Å². The van der Waals surface area contributed by atoms with E-state index in [2.05, 4.69) is 37.4 Å². The standard InChI is InChI=1S/C20H21F2N7S/c1-2-3-8-16-24-18(28-10-9-20(21,22)12-28)17-19(25-16)29(27-26-17)11-14-6-4-5-7-15(14)23-13-30/h4-7H,2-3,8-12H2,1H3. The molecule has 0 atom stereocenters. The zero-order valence-corrected chi connectivity index (χ0v) is 17.4. The summed E-state index contributed by atoms with van der Waals surface area (Å²) in [7, 11) is 0. The molecule has 0 aliphatic carbocycles. The summed E-state index contributed by atoms with van der Waals surface area (Å²) in [6.45, 7) is 2.31. The van der Waals surface area contributed by atoms with Crippen LogP contribution in [0.2, 0.25) is 0 Å². The summed E-state index contributed by atoms with van der Waals surface area (Å²) in [5, 5.41) is 10.9. The van der Waals surface area contributed by atoms with Crippen LogP contribution in [0.15, 0.2) is 29.3 Å². The van der Waals surface area contributed by atoms with Crippen LogP contribution in [-0.4, -0.2) is 49.1 Å². The van der Waals surface area contributed by atoms with Gasteiger partial charge in [0.15, 0.2) is 17.0 Å². The number of aromatic nitrogens is 5. The number of thiocarbonyl (C=S) groups is 1. The lowest BCUT2D eigenvalue weighted by Crippen LogP contribution is -2.26. The minimum atomic E-state index is -2.73. The number of para-hydroxylation sites is 1. The Labute approximate surface area is 177 Å². The number of aliphatic imine (C=N–C) groups is 1. The van der Waals surface area contributed by atoms with Crippen LogP contribution in [-0.2, 0) is 13.0 Å². The van der Waals surface area contributed by atoms with Crippen LogP contribution < -0.4 is 4.90 Å². The maximum atomic E-state index is 13.8. The van der Waals surface area contributed by atoms with E-state index in [9.17, 15) is 8.78 Å². The zero-order valence-electron chi connectivity index (χ0n) is 16.6. The zero-order chi connectivity index (χ0) is 21.1. The Morgan fingerprint density at radius 2 is 2.10 bits per heavy atom. The second-order valence-electron chi connectivity index (χ2n) is 7.35. The largest absolute Gasteiger partial charge is 0.348 e. The number of benzene rings is 1. The van der Waals surface area contributed by atoms with E-state index in [-0.39, 0.29) is 19.5 Å². The fraction of sp³-hybridized carbons (Fsp3) is 0.450. The molecule has 0 spiro atoms. The van der Waals surface area contributed by atoms with Gasteiger partial charge in [-0.3, -0.25) is 0 Å². The third-order valence-corrected chi connectivity index (χ3v) is 5.18. The Hall–Kier alpha value is -2.84. The maximum absolute atomic E-state index is 13.8. The lowest BCUT2D eigenvalue weighted by atomic mass is 10.2. The van der Waals surface area contributed by atoms with Gasteiger partial charge in [-0.25, -0.2) is 23.4 Å². The van der Waals surface area contributed by atoms with Gasteiger partial charge in [-0.2, -0.15) is 4.99 Å². The van der Waals surface area contributed by atoms with Gasteiger partial charge >= 0.3 is 0 Å². The molecule has 2 aromatic heterocycles. The van der Waals surface area contributed by atoms with E-state index in [1.54, 1.807) is 9.58 Å². The minimum Gasteiger partial charge on any atom is -0.348 e. The molecule has 10 heteroatoms. The molecule has 0 N–H and O–H groups in total. The van der Waals surface area contributed by atoms with Crippen molar-refractivity contribution in [2.45, 2.75) is 45.1 Å². The number of hydrogen-bond acceptors (Lipinski definition) is 7. The third kappa shape index (κ3) is 4.20. The van der Waals surface area contributed by atoms with E-state index in [0.717, 1.165) is 18.4 Å². The minimum absolute atomic E-state index is 0.195. The summed E-state index contributed by atoms with van der Waals surface area (Å²) in [5.41, 5.74) is 2.53. The molecule has 1 fully saturated rings. The molecule has 0 radical (unpaired) electrons. The highest BCUT2D eigenvalue weighted by molar-refractivity contribution is 7.78. The summed E-state index contributed by atoms with van der Waals surface area (Å²) >= 11 is 4.73. The SMILES string of the molecule is CCCCc1nc(N2CCC(F)(F)C2)c2nnn(Cc3ccccc3N=C=S)c2n1. The molecule has 1 aromatic carbocycles. The second-order valence-corrected chi connectivity index (χ2v) is 7.53. The number of isothiocyanates is 1. The van der Waals surface area contributed by atoms with Crippen molar-refractivity contribution in [1.29, 1.82) is 0 Å². The van der Waals surface area contributed by atoms with Gasteiger partial charge in [-0.1, -0.05) is 36.8 Å². The van der Waals surface area contributed by atoms with Crippen molar-refractivity contribution in [3.63, 3.8) is 0 Å². The van der Waals surface area contributed by atoms with Gasteiger partial charge in [0, 0.05) is 24.9 Å². The fourth-order valence-electron chi connectivity index (χ4n) is 3.54. The molecule has 0 amide bonds. The molecule has 7 nitrogen and oxygen atoms in total. The molecule has 1 saturated heterocycles. The Balaban J connectivity index is 1.77. The van der Waals surface area contributed by atoms with Crippen LogP contribution in [0.3, 0.4) is 0 Å². The number of hydrogen-bond donors (Lipinski definition) is 0. The smallest absolute Gasteiger partial charge is 0.266 e. The van der Waals surface area contributed by atoms with Gasteiger partial charge in [0.05, 0.1) is 23.9 Å². The highest BCUT2D eigenvalue weighted by Crippen LogP contribution is 2.33. The van der Waals surface area contributed by atoms with E-state index in [1.807, 2.05) is 24.3 Å². The average molecular weight is 430 g/mol. The van der Waals surface area contributed by atoms with E-state index >= 15 is 0 Å².